The van der Waals surface area contributed by atoms with Crippen LogP contribution in [0.5, 0.6) is 11.5 Å². The summed E-state index contributed by atoms with van der Waals surface area (Å²) in [6.45, 7) is 4.18. The van der Waals surface area contributed by atoms with Crippen LogP contribution in [0.3, 0.4) is 0 Å². The number of amides is 1. The van der Waals surface area contributed by atoms with E-state index >= 15 is 0 Å². The molecular weight excluding hydrogens is 394 g/mol. The highest BCUT2D eigenvalue weighted by molar-refractivity contribution is 5.91. The molecular formula is C24H25N3O4. The third-order valence-electron chi connectivity index (χ3n) is 5.71. The molecule has 0 saturated heterocycles. The van der Waals surface area contributed by atoms with E-state index in [-0.39, 0.29) is 12.7 Å². The Morgan fingerprint density at radius 2 is 1.97 bits per heavy atom. The van der Waals surface area contributed by atoms with Gasteiger partial charge in [-0.3, -0.25) is 9.69 Å². The first kappa shape index (κ1) is 19.6. The number of hydrogen-bond donors (Lipinski definition) is 1. The summed E-state index contributed by atoms with van der Waals surface area (Å²) < 4.78 is 16.3. The average molecular weight is 419 g/mol. The zero-order valence-electron chi connectivity index (χ0n) is 17.5. The molecule has 0 atom stereocenters. The Morgan fingerprint density at radius 1 is 1.13 bits per heavy atom. The maximum Gasteiger partial charge on any atom is 0.273 e. The van der Waals surface area contributed by atoms with Crippen molar-refractivity contribution in [1.82, 2.24) is 15.2 Å². The Bertz CT molecular complexity index is 1090. The summed E-state index contributed by atoms with van der Waals surface area (Å²) in [5.74, 6) is 1.73. The fourth-order valence-corrected chi connectivity index (χ4v) is 3.75. The molecule has 7 heteroatoms. The van der Waals surface area contributed by atoms with Crippen molar-refractivity contribution in [2.45, 2.75) is 45.4 Å². The molecule has 2 aliphatic rings. The molecule has 5 rings (SSSR count). The summed E-state index contributed by atoms with van der Waals surface area (Å²) in [6.07, 6.45) is 3.81. The van der Waals surface area contributed by atoms with Crippen LogP contribution >= 0.6 is 0 Å². The molecule has 1 aliphatic carbocycles. The predicted molar refractivity (Wildman–Crippen MR) is 114 cm³/mol. The van der Waals surface area contributed by atoms with Crippen LogP contribution in [-0.2, 0) is 19.6 Å². The third kappa shape index (κ3) is 4.56. The van der Waals surface area contributed by atoms with Gasteiger partial charge in [0.05, 0.1) is 6.54 Å². The lowest BCUT2D eigenvalue weighted by atomic mass is 10.1. The number of nitrogens with zero attached hydrogens (tertiary/aromatic N) is 2. The van der Waals surface area contributed by atoms with Crippen molar-refractivity contribution in [2.75, 3.05) is 6.79 Å². The van der Waals surface area contributed by atoms with E-state index in [0.717, 1.165) is 17.9 Å². The molecule has 1 aliphatic heterocycles. The molecule has 0 unspecified atom stereocenters. The van der Waals surface area contributed by atoms with Crippen molar-refractivity contribution in [3.63, 3.8) is 0 Å². The van der Waals surface area contributed by atoms with Crippen LogP contribution in [0.4, 0.5) is 0 Å². The minimum absolute atomic E-state index is 0.231. The summed E-state index contributed by atoms with van der Waals surface area (Å²) in [6, 6.07) is 14.6. The number of carbonyl (C=O) groups is 1. The van der Waals surface area contributed by atoms with Crippen molar-refractivity contribution in [2.24, 2.45) is 0 Å². The molecule has 2 aromatic carbocycles. The molecule has 1 fully saturated rings. The van der Waals surface area contributed by atoms with Crippen molar-refractivity contribution in [3.8, 4) is 11.5 Å². The topological polar surface area (TPSA) is 76.8 Å². The first-order valence-corrected chi connectivity index (χ1v) is 10.6. The fraction of sp³-hybridized carbons (Fsp3) is 0.333. The Hall–Kier alpha value is -3.32. The van der Waals surface area contributed by atoms with Gasteiger partial charge >= 0.3 is 0 Å². The molecule has 31 heavy (non-hydrogen) atoms. The molecule has 1 N–H and O–H groups in total. The number of fused-ring (bicyclic) bond motifs is 1. The second-order valence-corrected chi connectivity index (χ2v) is 8.06. The highest BCUT2D eigenvalue weighted by atomic mass is 16.7. The Labute approximate surface area is 181 Å². The van der Waals surface area contributed by atoms with Gasteiger partial charge in [0.1, 0.15) is 6.26 Å². The van der Waals surface area contributed by atoms with Crippen molar-refractivity contribution in [3.05, 3.63) is 77.0 Å². The van der Waals surface area contributed by atoms with Crippen LogP contribution in [0.2, 0.25) is 0 Å². The number of benzene rings is 2. The van der Waals surface area contributed by atoms with Gasteiger partial charge in [-0.2, -0.15) is 0 Å². The zero-order chi connectivity index (χ0) is 21.2. The summed E-state index contributed by atoms with van der Waals surface area (Å²) >= 11 is 0. The van der Waals surface area contributed by atoms with Crippen LogP contribution in [0.15, 0.2) is 53.1 Å². The molecule has 0 bridgehead atoms. The number of ether oxygens (including phenoxy) is 2. The number of aromatic nitrogens is 1. The highest BCUT2D eigenvalue weighted by Crippen LogP contribution is 2.32. The number of oxazole rings is 1. The summed E-state index contributed by atoms with van der Waals surface area (Å²) in [5.41, 5.74) is 3.81. The van der Waals surface area contributed by atoms with Crippen molar-refractivity contribution < 1.29 is 18.7 Å². The number of rotatable bonds is 8. The molecule has 2 heterocycles. The molecule has 1 saturated carbocycles. The maximum absolute atomic E-state index is 12.5. The smallest absolute Gasteiger partial charge is 0.273 e. The second kappa shape index (κ2) is 8.43. The Morgan fingerprint density at radius 3 is 2.81 bits per heavy atom. The molecule has 1 aromatic heterocycles. The molecule has 0 radical (unpaired) electrons. The van der Waals surface area contributed by atoms with Gasteiger partial charge in [0.15, 0.2) is 17.2 Å². The Balaban J connectivity index is 1.20. The lowest BCUT2D eigenvalue weighted by Crippen LogP contribution is -2.26. The second-order valence-electron chi connectivity index (χ2n) is 8.06. The molecule has 7 nitrogen and oxygen atoms in total. The van der Waals surface area contributed by atoms with Gasteiger partial charge in [-0.05, 0) is 48.6 Å². The lowest BCUT2D eigenvalue weighted by molar-refractivity contribution is 0.0945. The van der Waals surface area contributed by atoms with Crippen molar-refractivity contribution in [1.29, 1.82) is 0 Å². The summed E-state index contributed by atoms with van der Waals surface area (Å²) in [5, 5.41) is 2.88. The minimum Gasteiger partial charge on any atom is -0.454 e. The van der Waals surface area contributed by atoms with Crippen LogP contribution in [0.1, 0.15) is 45.9 Å². The van der Waals surface area contributed by atoms with Gasteiger partial charge in [-0.25, -0.2) is 4.98 Å². The van der Waals surface area contributed by atoms with E-state index in [4.69, 9.17) is 13.9 Å². The third-order valence-corrected chi connectivity index (χ3v) is 5.71. The van der Waals surface area contributed by atoms with Crippen LogP contribution in [-0.4, -0.2) is 28.6 Å². The van der Waals surface area contributed by atoms with E-state index in [1.807, 2.05) is 18.2 Å². The quantitative estimate of drug-likeness (QED) is 0.598. The fourth-order valence-electron chi connectivity index (χ4n) is 3.75. The van der Waals surface area contributed by atoms with E-state index in [0.29, 0.717) is 36.5 Å². The number of aryl methyl sites for hydroxylation is 1. The first-order chi connectivity index (χ1) is 15.2. The number of carbonyl (C=O) groups excluding carboxylic acids is 1. The van der Waals surface area contributed by atoms with E-state index in [9.17, 15) is 4.79 Å². The van der Waals surface area contributed by atoms with Gasteiger partial charge < -0.3 is 19.2 Å². The van der Waals surface area contributed by atoms with Gasteiger partial charge in [0.2, 0.25) is 12.7 Å². The largest absolute Gasteiger partial charge is 0.454 e. The standard InChI is InChI=1S/C24H25N3O4/c1-16-4-2-3-5-18(16)12-27(19-7-8-19)13-23-26-20(14-29-23)24(28)25-11-17-6-9-21-22(10-17)31-15-30-21/h2-6,9-10,14,19H,7-8,11-13,15H2,1H3,(H,25,28). The lowest BCUT2D eigenvalue weighted by Gasteiger charge is -2.21. The van der Waals surface area contributed by atoms with Gasteiger partial charge in [-0.15, -0.1) is 0 Å². The SMILES string of the molecule is Cc1ccccc1CN(Cc1nc(C(=O)NCc2ccc3c(c2)OCO3)co1)C1CC1. The van der Waals surface area contributed by atoms with Crippen LogP contribution in [0, 0.1) is 6.92 Å². The van der Waals surface area contributed by atoms with Crippen LogP contribution < -0.4 is 14.8 Å². The zero-order valence-corrected chi connectivity index (χ0v) is 17.5. The van der Waals surface area contributed by atoms with E-state index in [1.165, 1.54) is 30.2 Å². The van der Waals surface area contributed by atoms with Crippen LogP contribution in [0.25, 0.3) is 0 Å². The van der Waals surface area contributed by atoms with E-state index < -0.39 is 0 Å². The first-order valence-electron chi connectivity index (χ1n) is 10.6. The number of nitrogens with one attached hydrogen (secondary N) is 1. The van der Waals surface area contributed by atoms with E-state index in [1.54, 1.807) is 0 Å². The monoisotopic (exact) mass is 419 g/mol. The van der Waals surface area contributed by atoms with Crippen molar-refractivity contribution >= 4 is 5.91 Å². The normalized spacial score (nSPS) is 14.8. The molecule has 160 valence electrons. The Kier molecular flexibility index (Phi) is 5.34. The molecule has 0 spiro atoms. The predicted octanol–water partition coefficient (Wildman–Crippen LogP) is 3.81. The van der Waals surface area contributed by atoms with Gasteiger partial charge in [-0.1, -0.05) is 30.3 Å². The van der Waals surface area contributed by atoms with Gasteiger partial charge in [0, 0.05) is 19.1 Å². The summed E-state index contributed by atoms with van der Waals surface area (Å²) in [7, 11) is 0. The minimum atomic E-state index is -0.260. The van der Waals surface area contributed by atoms with E-state index in [2.05, 4.69) is 46.4 Å². The summed E-state index contributed by atoms with van der Waals surface area (Å²) in [4.78, 5) is 19.3. The number of hydrogen-bond acceptors (Lipinski definition) is 6. The van der Waals surface area contributed by atoms with Gasteiger partial charge in [0.25, 0.3) is 5.91 Å². The highest BCUT2D eigenvalue weighted by Gasteiger charge is 2.30. The maximum atomic E-state index is 12.5. The molecule has 1 amide bonds. The average Bonchev–Trinajstić information content (AvgIpc) is 3.34. The molecule has 3 aromatic rings.